The van der Waals surface area contributed by atoms with E-state index in [4.69, 9.17) is 0 Å². The van der Waals surface area contributed by atoms with Crippen LogP contribution in [-0.4, -0.2) is 63.1 Å². The van der Waals surface area contributed by atoms with Gasteiger partial charge in [-0.3, -0.25) is 14.5 Å². The van der Waals surface area contributed by atoms with Crippen LogP contribution >= 0.6 is 0 Å². The summed E-state index contributed by atoms with van der Waals surface area (Å²) in [6.45, 7) is 3.59. The molecule has 0 spiro atoms. The molecule has 2 aromatic carbocycles. The number of sulfone groups is 1. The Morgan fingerprint density at radius 2 is 1.68 bits per heavy atom. The van der Waals surface area contributed by atoms with Crippen LogP contribution in [0.1, 0.15) is 53.1 Å². The highest BCUT2D eigenvalue weighted by molar-refractivity contribution is 7.90. The van der Waals surface area contributed by atoms with Gasteiger partial charge in [-0.15, -0.1) is 0 Å². The zero-order valence-corrected chi connectivity index (χ0v) is 20.6. The third-order valence-electron chi connectivity index (χ3n) is 6.96. The molecule has 0 radical (unpaired) electrons. The van der Waals surface area contributed by atoms with Gasteiger partial charge in [0, 0.05) is 31.0 Å². The third kappa shape index (κ3) is 6.04. The lowest BCUT2D eigenvalue weighted by atomic mass is 9.80. The minimum absolute atomic E-state index is 0.0213. The molecule has 2 aromatic rings. The zero-order valence-electron chi connectivity index (χ0n) is 19.8. The number of aryl methyl sites for hydroxylation is 1. The molecule has 2 N–H and O–H groups in total. The second-order valence-corrected chi connectivity index (χ2v) is 11.6. The Balaban J connectivity index is 1.16. The van der Waals surface area contributed by atoms with E-state index < -0.39 is 9.84 Å². The maximum atomic E-state index is 12.2. The Bertz CT molecular complexity index is 1130. The van der Waals surface area contributed by atoms with Gasteiger partial charge in [0.25, 0.3) is 5.91 Å². The summed E-state index contributed by atoms with van der Waals surface area (Å²) in [5.41, 5.74) is 2.78. The minimum Gasteiger partial charge on any atom is -0.349 e. The van der Waals surface area contributed by atoms with Crippen molar-refractivity contribution in [2.45, 2.75) is 55.5 Å². The lowest BCUT2D eigenvalue weighted by molar-refractivity contribution is -0.122. The molecule has 0 unspecified atom stereocenters. The lowest BCUT2D eigenvalue weighted by Crippen LogP contribution is -2.63. The molecule has 1 saturated heterocycles. The topological polar surface area (TPSA) is 95.6 Å². The maximum Gasteiger partial charge on any atom is 0.251 e. The van der Waals surface area contributed by atoms with Crippen LogP contribution in [0.5, 0.6) is 0 Å². The monoisotopic (exact) mass is 483 g/mol. The smallest absolute Gasteiger partial charge is 0.251 e. The highest BCUT2D eigenvalue weighted by atomic mass is 32.2. The van der Waals surface area contributed by atoms with Crippen molar-refractivity contribution in [1.29, 1.82) is 0 Å². The van der Waals surface area contributed by atoms with Crippen LogP contribution in [0.25, 0.3) is 0 Å². The number of hydrogen-bond acceptors (Lipinski definition) is 5. The molecule has 7 nitrogen and oxygen atoms in total. The zero-order chi connectivity index (χ0) is 24.3. The summed E-state index contributed by atoms with van der Waals surface area (Å²) in [5.74, 6) is 0.0716. The third-order valence-corrected chi connectivity index (χ3v) is 8.09. The molecule has 1 aliphatic carbocycles. The van der Waals surface area contributed by atoms with Crippen LogP contribution in [0, 0.1) is 6.92 Å². The molecule has 0 atom stereocenters. The molecule has 4 rings (SSSR count). The predicted molar refractivity (Wildman–Crippen MR) is 132 cm³/mol. The number of carbonyl (C=O) groups is 2. The Hall–Kier alpha value is -2.71. The van der Waals surface area contributed by atoms with Gasteiger partial charge in [-0.2, -0.15) is 0 Å². The molecule has 34 heavy (non-hydrogen) atoms. The molecular formula is C26H33N3O4S. The van der Waals surface area contributed by atoms with E-state index in [1.165, 1.54) is 11.8 Å². The van der Waals surface area contributed by atoms with Gasteiger partial charge in [-0.25, -0.2) is 8.42 Å². The Kier molecular flexibility index (Phi) is 7.38. The first-order valence-electron chi connectivity index (χ1n) is 11.9. The van der Waals surface area contributed by atoms with Crippen molar-refractivity contribution in [3.8, 4) is 0 Å². The molecule has 2 fully saturated rings. The highest BCUT2D eigenvalue weighted by Crippen LogP contribution is 2.36. The van der Waals surface area contributed by atoms with E-state index in [0.717, 1.165) is 44.3 Å². The normalized spacial score (nSPS) is 21.5. The van der Waals surface area contributed by atoms with Gasteiger partial charge in [0.1, 0.15) is 0 Å². The van der Waals surface area contributed by atoms with E-state index in [0.29, 0.717) is 22.4 Å². The van der Waals surface area contributed by atoms with Crippen molar-refractivity contribution < 1.29 is 18.0 Å². The van der Waals surface area contributed by atoms with Crippen molar-refractivity contribution in [3.63, 3.8) is 0 Å². The van der Waals surface area contributed by atoms with Gasteiger partial charge in [-0.1, -0.05) is 29.8 Å². The van der Waals surface area contributed by atoms with Crippen LogP contribution in [0.3, 0.4) is 0 Å². The van der Waals surface area contributed by atoms with Gasteiger partial charge in [0.15, 0.2) is 9.84 Å². The molecule has 2 amide bonds. The predicted octanol–water partition coefficient (Wildman–Crippen LogP) is 2.66. The van der Waals surface area contributed by atoms with Crippen molar-refractivity contribution in [2.75, 3.05) is 25.9 Å². The summed E-state index contributed by atoms with van der Waals surface area (Å²) in [7, 11) is -3.16. The van der Waals surface area contributed by atoms with E-state index >= 15 is 0 Å². The molecule has 2 aliphatic rings. The minimum atomic E-state index is -3.16. The number of nitrogens with zero attached hydrogens (tertiary/aromatic N) is 1. The SMILES string of the molecule is Cc1cccc(C(=O)NCC(=O)NC2CN(C3CCC(c4ccc(S(C)(=O)=O)cc4)CC3)C2)c1. The summed E-state index contributed by atoms with van der Waals surface area (Å²) in [6, 6.07) is 15.3. The summed E-state index contributed by atoms with van der Waals surface area (Å²) in [5, 5.41) is 5.70. The number of hydrogen-bond donors (Lipinski definition) is 2. The fourth-order valence-electron chi connectivity index (χ4n) is 4.99. The second kappa shape index (κ2) is 10.3. The maximum absolute atomic E-state index is 12.2. The number of nitrogens with one attached hydrogen (secondary N) is 2. The fraction of sp³-hybridized carbons (Fsp3) is 0.462. The standard InChI is InChI=1S/C26H33N3O4S/c1-18-4-3-5-21(14-18)26(31)27-15-25(30)28-22-16-29(17-22)23-10-6-19(7-11-23)20-8-12-24(13-9-20)34(2,32)33/h3-5,8-9,12-14,19,22-23H,6-7,10-11,15-17H2,1-2H3,(H,27,31)(H,28,30). The van der Waals surface area contributed by atoms with Gasteiger partial charge in [0.05, 0.1) is 17.5 Å². The van der Waals surface area contributed by atoms with Crippen molar-refractivity contribution in [1.82, 2.24) is 15.5 Å². The largest absolute Gasteiger partial charge is 0.349 e. The number of benzene rings is 2. The molecule has 0 aromatic heterocycles. The highest BCUT2D eigenvalue weighted by Gasteiger charge is 2.35. The van der Waals surface area contributed by atoms with Gasteiger partial charge < -0.3 is 10.6 Å². The van der Waals surface area contributed by atoms with E-state index in [9.17, 15) is 18.0 Å². The van der Waals surface area contributed by atoms with Crippen molar-refractivity contribution in [3.05, 3.63) is 65.2 Å². The number of rotatable bonds is 7. The molecule has 1 saturated carbocycles. The first-order valence-corrected chi connectivity index (χ1v) is 13.8. The first-order chi connectivity index (χ1) is 16.2. The summed E-state index contributed by atoms with van der Waals surface area (Å²) in [4.78, 5) is 27.2. The first kappa shape index (κ1) is 24.4. The van der Waals surface area contributed by atoms with Crippen molar-refractivity contribution >= 4 is 21.7 Å². The van der Waals surface area contributed by atoms with Crippen molar-refractivity contribution in [2.24, 2.45) is 0 Å². The molecule has 1 heterocycles. The molecular weight excluding hydrogens is 450 g/mol. The lowest BCUT2D eigenvalue weighted by Gasteiger charge is -2.46. The number of likely N-dealkylation sites (tertiary alicyclic amines) is 1. The Morgan fingerprint density at radius 1 is 1.00 bits per heavy atom. The molecule has 0 bridgehead atoms. The molecule has 8 heteroatoms. The van der Waals surface area contributed by atoms with Crippen LogP contribution in [0.2, 0.25) is 0 Å². The Morgan fingerprint density at radius 3 is 2.29 bits per heavy atom. The van der Waals surface area contributed by atoms with Crippen LogP contribution in [0.15, 0.2) is 53.4 Å². The Labute approximate surface area is 201 Å². The number of amides is 2. The fourth-order valence-corrected chi connectivity index (χ4v) is 5.62. The average molecular weight is 484 g/mol. The molecule has 1 aliphatic heterocycles. The van der Waals surface area contributed by atoms with Crippen LogP contribution in [-0.2, 0) is 14.6 Å². The van der Waals surface area contributed by atoms with E-state index in [1.807, 2.05) is 31.2 Å². The van der Waals surface area contributed by atoms with Gasteiger partial charge in [0.2, 0.25) is 5.91 Å². The van der Waals surface area contributed by atoms with Gasteiger partial charge in [-0.05, 0) is 68.4 Å². The average Bonchev–Trinajstić information content (AvgIpc) is 2.79. The summed E-state index contributed by atoms with van der Waals surface area (Å²) >= 11 is 0. The summed E-state index contributed by atoms with van der Waals surface area (Å²) < 4.78 is 23.3. The number of carbonyl (C=O) groups excluding carboxylic acids is 2. The van der Waals surface area contributed by atoms with E-state index in [1.54, 1.807) is 24.3 Å². The van der Waals surface area contributed by atoms with Gasteiger partial charge >= 0.3 is 0 Å². The van der Waals surface area contributed by atoms with Crippen LogP contribution in [0.4, 0.5) is 0 Å². The van der Waals surface area contributed by atoms with E-state index in [2.05, 4.69) is 15.5 Å². The summed E-state index contributed by atoms with van der Waals surface area (Å²) in [6.07, 6.45) is 5.61. The van der Waals surface area contributed by atoms with Crippen LogP contribution < -0.4 is 10.6 Å². The van der Waals surface area contributed by atoms with E-state index in [-0.39, 0.29) is 24.4 Å². The molecule has 182 valence electrons. The second-order valence-electron chi connectivity index (χ2n) is 9.62. The quantitative estimate of drug-likeness (QED) is 0.631.